The van der Waals surface area contributed by atoms with Crippen LogP contribution < -0.4 is 10.6 Å². The van der Waals surface area contributed by atoms with Crippen LogP contribution in [0.25, 0.3) is 0 Å². The molecule has 0 saturated carbocycles. The number of hydrogen-bond acceptors (Lipinski definition) is 4. The van der Waals surface area contributed by atoms with Crippen molar-refractivity contribution in [3.8, 4) is 0 Å². The summed E-state index contributed by atoms with van der Waals surface area (Å²) in [5.41, 5.74) is 6.25. The number of aryl methyl sites for hydroxylation is 1. The van der Waals surface area contributed by atoms with Gasteiger partial charge in [-0.15, -0.1) is 0 Å². The zero-order valence-corrected chi connectivity index (χ0v) is 6.87. The Kier molecular flexibility index (Phi) is 2.48. The summed E-state index contributed by atoms with van der Waals surface area (Å²) in [4.78, 5) is 6.01. The number of oxazole rings is 1. The van der Waals surface area contributed by atoms with E-state index in [0.29, 0.717) is 12.6 Å². The average molecular weight is 155 g/mol. The largest absolute Gasteiger partial charge is 0.432 e. The van der Waals surface area contributed by atoms with Gasteiger partial charge in [0.15, 0.2) is 0 Å². The maximum absolute atomic E-state index is 5.36. The molecule has 4 nitrogen and oxygen atoms in total. The molecule has 1 rings (SSSR count). The predicted molar refractivity (Wildman–Crippen MR) is 43.6 cm³/mol. The maximum atomic E-state index is 5.36. The molecule has 0 aliphatic carbocycles. The van der Waals surface area contributed by atoms with Crippen molar-refractivity contribution in [1.82, 2.24) is 4.98 Å². The van der Waals surface area contributed by atoms with Crippen LogP contribution >= 0.6 is 0 Å². The van der Waals surface area contributed by atoms with E-state index in [2.05, 4.69) is 4.98 Å². The van der Waals surface area contributed by atoms with Gasteiger partial charge in [0.1, 0.15) is 6.26 Å². The Morgan fingerprint density at radius 2 is 2.45 bits per heavy atom. The van der Waals surface area contributed by atoms with E-state index >= 15 is 0 Å². The smallest absolute Gasteiger partial charge is 0.297 e. The maximum Gasteiger partial charge on any atom is 0.297 e. The molecule has 0 saturated heterocycles. The lowest BCUT2D eigenvalue weighted by molar-refractivity contribution is 0.546. The van der Waals surface area contributed by atoms with Crippen molar-refractivity contribution in [1.29, 1.82) is 0 Å². The fraction of sp³-hybridized carbons (Fsp3) is 0.571. The summed E-state index contributed by atoms with van der Waals surface area (Å²) in [6, 6.07) is 0.632. The van der Waals surface area contributed by atoms with E-state index in [0.717, 1.165) is 12.2 Å². The van der Waals surface area contributed by atoms with E-state index in [9.17, 15) is 0 Å². The number of likely N-dealkylation sites (N-methyl/N-ethyl adjacent to an activating group) is 1. The summed E-state index contributed by atoms with van der Waals surface area (Å²) in [6.45, 7) is 3.27. The normalized spacial score (nSPS) is 10.1. The molecule has 0 fully saturated rings. The number of nitrogens with two attached hydrogens (primary N) is 1. The van der Waals surface area contributed by atoms with Crippen molar-refractivity contribution in [2.45, 2.75) is 6.92 Å². The van der Waals surface area contributed by atoms with E-state index in [4.69, 9.17) is 10.2 Å². The molecule has 0 aliphatic rings. The van der Waals surface area contributed by atoms with E-state index < -0.39 is 0 Å². The van der Waals surface area contributed by atoms with Crippen LogP contribution in [-0.4, -0.2) is 25.1 Å². The molecule has 1 aromatic heterocycles. The van der Waals surface area contributed by atoms with E-state index in [1.54, 1.807) is 6.26 Å². The first kappa shape index (κ1) is 8.07. The molecule has 0 aromatic carbocycles. The first-order chi connectivity index (χ1) is 5.24. The average Bonchev–Trinajstić information content (AvgIpc) is 2.36. The lowest BCUT2D eigenvalue weighted by Gasteiger charge is -2.11. The lowest BCUT2D eigenvalue weighted by atomic mass is 10.6. The number of nitrogens with zero attached hydrogens (tertiary/aromatic N) is 2. The van der Waals surface area contributed by atoms with Crippen LogP contribution in [0.2, 0.25) is 0 Å². The van der Waals surface area contributed by atoms with Crippen LogP contribution in [0.5, 0.6) is 0 Å². The molecule has 1 aromatic rings. The molecule has 1 heterocycles. The van der Waals surface area contributed by atoms with Gasteiger partial charge in [-0.25, -0.2) is 0 Å². The molecule has 0 amide bonds. The van der Waals surface area contributed by atoms with Gasteiger partial charge in [-0.05, 0) is 6.92 Å². The first-order valence-corrected chi connectivity index (χ1v) is 3.57. The second-order valence-electron chi connectivity index (χ2n) is 2.48. The predicted octanol–water partition coefficient (Wildman–Crippen LogP) is 0.378. The summed E-state index contributed by atoms with van der Waals surface area (Å²) in [7, 11) is 1.90. The summed E-state index contributed by atoms with van der Waals surface area (Å²) in [6.07, 6.45) is 1.63. The van der Waals surface area contributed by atoms with Crippen molar-refractivity contribution in [3.63, 3.8) is 0 Å². The molecule has 0 unspecified atom stereocenters. The van der Waals surface area contributed by atoms with Gasteiger partial charge in [-0.3, -0.25) is 0 Å². The molecule has 0 atom stereocenters. The van der Waals surface area contributed by atoms with Gasteiger partial charge in [-0.2, -0.15) is 4.98 Å². The number of anilines is 1. The Bertz CT molecular complexity index is 221. The lowest BCUT2D eigenvalue weighted by Crippen LogP contribution is -2.25. The second kappa shape index (κ2) is 3.39. The Balaban J connectivity index is 2.60. The van der Waals surface area contributed by atoms with Crippen LogP contribution in [0.3, 0.4) is 0 Å². The Morgan fingerprint density at radius 1 is 1.73 bits per heavy atom. The summed E-state index contributed by atoms with van der Waals surface area (Å²) >= 11 is 0. The summed E-state index contributed by atoms with van der Waals surface area (Å²) in [5, 5.41) is 0. The van der Waals surface area contributed by atoms with Crippen molar-refractivity contribution in [2.24, 2.45) is 5.73 Å². The van der Waals surface area contributed by atoms with Gasteiger partial charge in [0.05, 0.1) is 5.69 Å². The van der Waals surface area contributed by atoms with Crippen molar-refractivity contribution < 1.29 is 4.42 Å². The number of aromatic nitrogens is 1. The molecule has 0 bridgehead atoms. The van der Waals surface area contributed by atoms with Crippen molar-refractivity contribution in [3.05, 3.63) is 12.0 Å². The molecular formula is C7H13N3O. The SMILES string of the molecule is Cc1coc(N(C)CCN)n1. The molecule has 62 valence electrons. The number of rotatable bonds is 3. The second-order valence-corrected chi connectivity index (χ2v) is 2.48. The van der Waals surface area contributed by atoms with Crippen LogP contribution in [0, 0.1) is 6.92 Å². The molecule has 11 heavy (non-hydrogen) atoms. The highest BCUT2D eigenvalue weighted by atomic mass is 16.4. The molecule has 0 aliphatic heterocycles. The Labute approximate surface area is 66.0 Å². The summed E-state index contributed by atoms with van der Waals surface area (Å²) in [5.74, 6) is 0. The minimum atomic E-state index is 0.609. The highest BCUT2D eigenvalue weighted by molar-refractivity contribution is 5.24. The van der Waals surface area contributed by atoms with Crippen molar-refractivity contribution in [2.75, 3.05) is 25.0 Å². The van der Waals surface area contributed by atoms with Gasteiger partial charge >= 0.3 is 0 Å². The molecule has 0 spiro atoms. The minimum Gasteiger partial charge on any atom is -0.432 e. The van der Waals surface area contributed by atoms with E-state index in [1.807, 2.05) is 18.9 Å². The Morgan fingerprint density at radius 3 is 2.91 bits per heavy atom. The first-order valence-electron chi connectivity index (χ1n) is 3.57. The zero-order chi connectivity index (χ0) is 8.27. The standard InChI is InChI=1S/C7H13N3O/c1-6-5-11-7(9-6)10(2)4-3-8/h5H,3-4,8H2,1-2H3. The molecule has 2 N–H and O–H groups in total. The zero-order valence-electron chi connectivity index (χ0n) is 6.87. The topological polar surface area (TPSA) is 55.3 Å². The van der Waals surface area contributed by atoms with E-state index in [1.165, 1.54) is 0 Å². The fourth-order valence-corrected chi connectivity index (χ4v) is 0.806. The van der Waals surface area contributed by atoms with E-state index in [-0.39, 0.29) is 0 Å². The Hall–Kier alpha value is -1.03. The molecular weight excluding hydrogens is 142 g/mol. The van der Waals surface area contributed by atoms with Gasteiger partial charge in [0.25, 0.3) is 6.01 Å². The van der Waals surface area contributed by atoms with Crippen LogP contribution in [-0.2, 0) is 0 Å². The van der Waals surface area contributed by atoms with Gasteiger partial charge < -0.3 is 15.1 Å². The van der Waals surface area contributed by atoms with Crippen LogP contribution in [0.15, 0.2) is 10.7 Å². The summed E-state index contributed by atoms with van der Waals surface area (Å²) < 4.78 is 5.14. The van der Waals surface area contributed by atoms with Gasteiger partial charge in [-0.1, -0.05) is 0 Å². The third kappa shape index (κ3) is 1.94. The molecule has 4 heteroatoms. The van der Waals surface area contributed by atoms with Crippen LogP contribution in [0.4, 0.5) is 6.01 Å². The monoisotopic (exact) mass is 155 g/mol. The minimum absolute atomic E-state index is 0.609. The fourth-order valence-electron chi connectivity index (χ4n) is 0.806. The third-order valence-corrected chi connectivity index (χ3v) is 1.40. The van der Waals surface area contributed by atoms with Gasteiger partial charge in [0.2, 0.25) is 0 Å². The number of hydrogen-bond donors (Lipinski definition) is 1. The highest BCUT2D eigenvalue weighted by Gasteiger charge is 2.04. The van der Waals surface area contributed by atoms with Gasteiger partial charge in [0, 0.05) is 20.1 Å². The van der Waals surface area contributed by atoms with Crippen LogP contribution in [0.1, 0.15) is 5.69 Å². The highest BCUT2D eigenvalue weighted by Crippen LogP contribution is 2.09. The quantitative estimate of drug-likeness (QED) is 0.685. The third-order valence-electron chi connectivity index (χ3n) is 1.40. The molecule has 0 radical (unpaired) electrons. The van der Waals surface area contributed by atoms with Crippen molar-refractivity contribution >= 4 is 6.01 Å².